The lowest BCUT2D eigenvalue weighted by atomic mass is 9.86. The predicted octanol–water partition coefficient (Wildman–Crippen LogP) is 5.69. The van der Waals surface area contributed by atoms with Gasteiger partial charge >= 0.3 is 12.1 Å². The predicted molar refractivity (Wildman–Crippen MR) is 135 cm³/mol. The van der Waals surface area contributed by atoms with Crippen LogP contribution in [0.2, 0.25) is 10.2 Å². The number of likely N-dealkylation sites (tertiary alicyclic amines) is 1. The number of carbonyl (C=O) groups excluding carboxylic acids is 1. The number of nitrogens with zero attached hydrogens (tertiary/aromatic N) is 3. The summed E-state index contributed by atoms with van der Waals surface area (Å²) < 4.78 is 7.01. The number of carboxylic acid groups (broad SMARTS) is 1. The molecule has 192 valence electrons. The molecule has 3 N–H and O–H groups in total. The third kappa shape index (κ3) is 6.13. The summed E-state index contributed by atoms with van der Waals surface area (Å²) in [5.41, 5.74) is 0.241. The molecule has 1 amide bonds. The number of ether oxygens (including phenoxy) is 1. The second-order valence-corrected chi connectivity index (χ2v) is 11.4. The lowest BCUT2D eigenvalue weighted by Crippen LogP contribution is -2.35. The van der Waals surface area contributed by atoms with Crippen molar-refractivity contribution in [2.24, 2.45) is 0 Å². The van der Waals surface area contributed by atoms with Gasteiger partial charge < -0.3 is 29.7 Å². The Labute approximate surface area is 215 Å². The maximum absolute atomic E-state index is 12.5. The van der Waals surface area contributed by atoms with E-state index < -0.39 is 17.7 Å². The molecule has 9 nitrogen and oxygen atoms in total. The molecule has 1 saturated heterocycles. The quantitative estimate of drug-likeness (QED) is 0.428. The lowest BCUT2D eigenvalue weighted by molar-refractivity contribution is 0.0289. The zero-order chi connectivity index (χ0) is 26.3. The molecular formula is C24H32Cl2N4O5. The van der Waals surface area contributed by atoms with Crippen molar-refractivity contribution in [1.29, 1.82) is 0 Å². The number of phenols is 1. The first kappa shape index (κ1) is 26.9. The fraction of sp³-hybridized carbons (Fsp3) is 0.542. The Hall–Kier alpha value is -2.65. The number of rotatable bonds is 5. The minimum atomic E-state index is -1.21. The summed E-state index contributed by atoms with van der Waals surface area (Å²) in [6.07, 6.45) is 0.0584. The smallest absolute Gasteiger partial charge is 0.410 e. The minimum absolute atomic E-state index is 0.0392. The number of nitrogens with one attached hydrogen (secondary N) is 1. The fourth-order valence-electron chi connectivity index (χ4n) is 4.06. The van der Waals surface area contributed by atoms with Crippen LogP contribution in [0.25, 0.3) is 0 Å². The summed E-state index contributed by atoms with van der Waals surface area (Å²) in [6, 6.07) is 2.89. The van der Waals surface area contributed by atoms with E-state index in [1.54, 1.807) is 36.3 Å². The van der Waals surface area contributed by atoms with Crippen LogP contribution in [-0.4, -0.2) is 55.4 Å². The number of hydrogen-bond acceptors (Lipinski definition) is 6. The maximum Gasteiger partial charge on any atom is 0.410 e. The van der Waals surface area contributed by atoms with Crippen molar-refractivity contribution < 1.29 is 24.5 Å². The minimum Gasteiger partial charge on any atom is -0.506 e. The first-order chi connectivity index (χ1) is 16.1. The molecule has 35 heavy (non-hydrogen) atoms. The van der Waals surface area contributed by atoms with Gasteiger partial charge in [0.05, 0.1) is 18.3 Å². The summed E-state index contributed by atoms with van der Waals surface area (Å²) in [5, 5.41) is 23.7. The van der Waals surface area contributed by atoms with Gasteiger partial charge in [0, 0.05) is 24.2 Å². The normalized spacial score (nSPS) is 16.5. The molecule has 0 unspecified atom stereocenters. The molecule has 2 aromatic rings. The molecule has 2 heterocycles. The van der Waals surface area contributed by atoms with E-state index in [9.17, 15) is 19.8 Å². The van der Waals surface area contributed by atoms with Crippen LogP contribution in [0.1, 0.15) is 75.9 Å². The third-order valence-electron chi connectivity index (χ3n) is 5.65. The van der Waals surface area contributed by atoms with Gasteiger partial charge in [0.2, 0.25) is 0 Å². The molecule has 0 saturated carbocycles. The second-order valence-electron chi connectivity index (χ2n) is 10.7. The van der Waals surface area contributed by atoms with Crippen LogP contribution in [0.5, 0.6) is 5.75 Å². The Morgan fingerprint density at radius 1 is 1.20 bits per heavy atom. The van der Waals surface area contributed by atoms with Crippen molar-refractivity contribution in [2.45, 2.75) is 71.6 Å². The van der Waals surface area contributed by atoms with Gasteiger partial charge in [-0.3, -0.25) is 0 Å². The highest BCUT2D eigenvalue weighted by Crippen LogP contribution is 2.37. The first-order valence-corrected chi connectivity index (χ1v) is 12.1. The number of carboxylic acids is 1. The van der Waals surface area contributed by atoms with Gasteiger partial charge in [0.1, 0.15) is 17.2 Å². The van der Waals surface area contributed by atoms with Crippen LogP contribution in [0.4, 0.5) is 10.5 Å². The second kappa shape index (κ2) is 9.78. The summed E-state index contributed by atoms with van der Waals surface area (Å²) in [6.45, 7) is 12.2. The fourth-order valence-corrected chi connectivity index (χ4v) is 4.77. The molecule has 3 rings (SSSR count). The first-order valence-electron chi connectivity index (χ1n) is 11.3. The number of aromatic hydroxyl groups is 1. The molecule has 1 aromatic heterocycles. The van der Waals surface area contributed by atoms with E-state index in [-0.39, 0.29) is 41.1 Å². The molecule has 0 radical (unpaired) electrons. The van der Waals surface area contributed by atoms with Gasteiger partial charge in [-0.1, -0.05) is 44.0 Å². The van der Waals surface area contributed by atoms with Crippen molar-refractivity contribution in [2.75, 3.05) is 18.4 Å². The summed E-state index contributed by atoms with van der Waals surface area (Å²) in [4.78, 5) is 30.4. The van der Waals surface area contributed by atoms with E-state index in [2.05, 4.69) is 10.3 Å². The van der Waals surface area contributed by atoms with Crippen molar-refractivity contribution in [1.82, 2.24) is 14.5 Å². The van der Waals surface area contributed by atoms with E-state index >= 15 is 0 Å². The van der Waals surface area contributed by atoms with E-state index in [1.165, 1.54) is 6.07 Å². The van der Waals surface area contributed by atoms with Crippen LogP contribution in [0.3, 0.4) is 0 Å². The van der Waals surface area contributed by atoms with E-state index in [0.717, 1.165) is 5.56 Å². The van der Waals surface area contributed by atoms with Crippen LogP contribution >= 0.6 is 23.2 Å². The van der Waals surface area contributed by atoms with E-state index in [0.29, 0.717) is 29.5 Å². The average Bonchev–Trinajstić information content (AvgIpc) is 3.29. The summed E-state index contributed by atoms with van der Waals surface area (Å²) >= 11 is 12.5. The van der Waals surface area contributed by atoms with E-state index in [4.69, 9.17) is 27.9 Å². The molecule has 1 aliphatic heterocycles. The van der Waals surface area contributed by atoms with Gasteiger partial charge in [-0.15, -0.1) is 0 Å². The number of imidazole rings is 1. The van der Waals surface area contributed by atoms with E-state index in [1.807, 2.05) is 20.8 Å². The van der Waals surface area contributed by atoms with Crippen LogP contribution in [0.15, 0.2) is 12.1 Å². The molecule has 1 atom stereocenters. The molecule has 0 bridgehead atoms. The van der Waals surface area contributed by atoms with Crippen molar-refractivity contribution in [3.05, 3.63) is 39.4 Å². The number of hydrogen-bond donors (Lipinski definition) is 3. The highest BCUT2D eigenvalue weighted by Gasteiger charge is 2.35. The molecule has 1 aromatic carbocycles. The van der Waals surface area contributed by atoms with Crippen molar-refractivity contribution >= 4 is 41.0 Å². The zero-order valence-electron chi connectivity index (χ0n) is 20.8. The average molecular weight is 527 g/mol. The van der Waals surface area contributed by atoms with Crippen LogP contribution < -0.4 is 5.32 Å². The Morgan fingerprint density at radius 2 is 1.86 bits per heavy atom. The number of amides is 1. The molecule has 11 heteroatoms. The number of carbonyl (C=O) groups is 2. The highest BCUT2D eigenvalue weighted by atomic mass is 35.5. The topological polar surface area (TPSA) is 117 Å². The number of aromatic nitrogens is 2. The van der Waals surface area contributed by atoms with Crippen LogP contribution in [0, 0.1) is 0 Å². The Kier molecular flexibility index (Phi) is 7.53. The van der Waals surface area contributed by atoms with Gasteiger partial charge in [0.15, 0.2) is 10.8 Å². The maximum atomic E-state index is 12.5. The number of halogens is 2. The van der Waals surface area contributed by atoms with Gasteiger partial charge in [-0.2, -0.15) is 0 Å². The molecule has 0 spiro atoms. The molecule has 0 aliphatic carbocycles. The summed E-state index contributed by atoms with van der Waals surface area (Å²) in [7, 11) is 0. The number of anilines is 1. The highest BCUT2D eigenvalue weighted by molar-refractivity contribution is 6.32. The Balaban J connectivity index is 1.89. The molecular weight excluding hydrogens is 495 g/mol. The SMILES string of the molecule is CC(C)(C)OC(=O)N1CC[C@@H](n2c(CNc3cc(C(C)(C)C)c(Cl)cc3O)nc(Cl)c2C(=O)O)C1. The standard InChI is InChI=1S/C24H32Cl2N4O5/c1-23(2,3)14-9-16(17(31)10-15(14)25)27-11-18-28-20(26)19(21(32)33)30(18)13-7-8-29(12-13)22(34)35-24(4,5)6/h9-10,13,27,31H,7-8,11-12H2,1-6H3,(H,32,33)/t13-/m1/s1. The van der Waals surface area contributed by atoms with Gasteiger partial charge in [0.25, 0.3) is 0 Å². The summed E-state index contributed by atoms with van der Waals surface area (Å²) in [5.74, 6) is -0.883. The number of phenolic OH excluding ortho intramolecular Hbond substituents is 1. The monoisotopic (exact) mass is 526 g/mol. The Bertz CT molecular complexity index is 1130. The molecule has 1 aliphatic rings. The lowest BCUT2D eigenvalue weighted by Gasteiger charge is -2.25. The van der Waals surface area contributed by atoms with Gasteiger partial charge in [-0.05, 0) is 44.2 Å². The third-order valence-corrected chi connectivity index (χ3v) is 6.23. The zero-order valence-corrected chi connectivity index (χ0v) is 22.3. The number of benzene rings is 1. The van der Waals surface area contributed by atoms with Crippen molar-refractivity contribution in [3.8, 4) is 5.75 Å². The number of aromatic carboxylic acids is 1. The van der Waals surface area contributed by atoms with Crippen molar-refractivity contribution in [3.63, 3.8) is 0 Å². The largest absolute Gasteiger partial charge is 0.506 e. The van der Waals surface area contributed by atoms with Crippen LogP contribution in [-0.2, 0) is 16.7 Å². The van der Waals surface area contributed by atoms with Gasteiger partial charge in [-0.25, -0.2) is 14.6 Å². The molecule has 1 fully saturated rings. The Morgan fingerprint density at radius 3 is 2.43 bits per heavy atom.